The predicted molar refractivity (Wildman–Crippen MR) is 136 cm³/mol. The zero-order valence-electron chi connectivity index (χ0n) is 20.1. The third-order valence-electron chi connectivity index (χ3n) is 5.62. The van der Waals surface area contributed by atoms with Gasteiger partial charge in [0.05, 0.1) is 23.2 Å². The van der Waals surface area contributed by atoms with Crippen molar-refractivity contribution < 1.29 is 37.0 Å². The number of ether oxygens (including phenoxy) is 3. The molecule has 0 bridgehead atoms. The summed E-state index contributed by atoms with van der Waals surface area (Å²) in [5.41, 5.74) is -1.22. The van der Waals surface area contributed by atoms with E-state index in [-0.39, 0.29) is 40.6 Å². The van der Waals surface area contributed by atoms with E-state index in [0.717, 1.165) is 40.3 Å². The number of rotatable bonds is 6. The van der Waals surface area contributed by atoms with E-state index in [1.165, 1.54) is 11.5 Å². The average molecular weight is 558 g/mol. The van der Waals surface area contributed by atoms with E-state index >= 15 is 0 Å². The van der Waals surface area contributed by atoms with E-state index in [2.05, 4.69) is 10.4 Å². The molecule has 0 saturated heterocycles. The normalized spacial score (nSPS) is 12.7. The van der Waals surface area contributed by atoms with E-state index in [0.29, 0.717) is 17.1 Å². The zero-order valence-corrected chi connectivity index (χ0v) is 20.9. The summed E-state index contributed by atoms with van der Waals surface area (Å²) < 4.78 is 55.5. The van der Waals surface area contributed by atoms with Crippen molar-refractivity contribution in [2.75, 3.05) is 18.7 Å². The highest BCUT2D eigenvalue weighted by molar-refractivity contribution is 7.16. The predicted octanol–water partition coefficient (Wildman–Crippen LogP) is 5.02. The van der Waals surface area contributed by atoms with Gasteiger partial charge in [-0.3, -0.25) is 9.59 Å². The van der Waals surface area contributed by atoms with Crippen molar-refractivity contribution in [2.45, 2.75) is 13.1 Å². The van der Waals surface area contributed by atoms with Gasteiger partial charge in [-0.1, -0.05) is 6.07 Å². The number of hydrogen-bond acceptors (Lipinski definition) is 8. The zero-order chi connectivity index (χ0) is 27.7. The highest BCUT2D eigenvalue weighted by Crippen LogP contribution is 2.34. The van der Waals surface area contributed by atoms with Crippen LogP contribution in [0.3, 0.4) is 0 Å². The molecule has 200 valence electrons. The molecule has 39 heavy (non-hydrogen) atoms. The van der Waals surface area contributed by atoms with Crippen molar-refractivity contribution in [3.8, 4) is 17.2 Å². The molecule has 2 aromatic heterocycles. The van der Waals surface area contributed by atoms with Gasteiger partial charge in [0, 0.05) is 16.8 Å². The van der Waals surface area contributed by atoms with Crippen molar-refractivity contribution in [3.63, 3.8) is 0 Å². The first-order chi connectivity index (χ1) is 18.7. The molecule has 1 aliphatic heterocycles. The first kappa shape index (κ1) is 26.0. The van der Waals surface area contributed by atoms with E-state index in [4.69, 9.17) is 14.2 Å². The van der Waals surface area contributed by atoms with Crippen LogP contribution in [0.1, 0.15) is 28.5 Å². The summed E-state index contributed by atoms with van der Waals surface area (Å²) in [4.78, 5) is 38.8. The maximum atomic E-state index is 13.4. The number of anilines is 1. The first-order valence-corrected chi connectivity index (χ1v) is 12.3. The van der Waals surface area contributed by atoms with Crippen molar-refractivity contribution in [1.29, 1.82) is 0 Å². The standard InChI is InChI=1S/C26H18F3N3O6S/c1-2-36-25(35)22-17-12-39-23(30-20(33)10-4-14-3-9-18-19(11-14)38-13-37-18)21(17)24(34)32(31-22)16-7-5-15(6-8-16)26(27,28)29/h3-12H,2,13H2,1H3,(H,30,33)/b10-4+. The van der Waals surface area contributed by atoms with Crippen LogP contribution in [-0.2, 0) is 15.7 Å². The fraction of sp³-hybridized carbons (Fsp3) is 0.154. The molecule has 0 unspecified atom stereocenters. The first-order valence-electron chi connectivity index (χ1n) is 11.4. The molecular weight excluding hydrogens is 539 g/mol. The van der Waals surface area contributed by atoms with E-state index in [1.54, 1.807) is 31.2 Å². The summed E-state index contributed by atoms with van der Waals surface area (Å²) >= 11 is 0.990. The Balaban J connectivity index is 1.51. The van der Waals surface area contributed by atoms with Crippen LogP contribution in [0.25, 0.3) is 22.5 Å². The summed E-state index contributed by atoms with van der Waals surface area (Å²) in [5, 5.41) is 8.42. The number of amides is 1. The van der Waals surface area contributed by atoms with Crippen LogP contribution in [0.5, 0.6) is 11.5 Å². The van der Waals surface area contributed by atoms with Gasteiger partial charge in [-0.25, -0.2) is 4.79 Å². The number of carbonyl (C=O) groups is 2. The smallest absolute Gasteiger partial charge is 0.416 e. The van der Waals surface area contributed by atoms with Crippen molar-refractivity contribution in [2.24, 2.45) is 0 Å². The van der Waals surface area contributed by atoms with Crippen LogP contribution in [0.2, 0.25) is 0 Å². The van der Waals surface area contributed by atoms with Gasteiger partial charge in [0.15, 0.2) is 17.2 Å². The van der Waals surface area contributed by atoms with E-state index < -0.39 is 29.2 Å². The van der Waals surface area contributed by atoms with Crippen LogP contribution >= 0.6 is 11.3 Å². The minimum Gasteiger partial charge on any atom is -0.461 e. The lowest BCUT2D eigenvalue weighted by Crippen LogP contribution is -2.25. The van der Waals surface area contributed by atoms with Gasteiger partial charge >= 0.3 is 12.1 Å². The van der Waals surface area contributed by atoms with Crippen LogP contribution < -0.4 is 20.3 Å². The Morgan fingerprint density at radius 3 is 2.62 bits per heavy atom. The lowest BCUT2D eigenvalue weighted by atomic mass is 10.2. The van der Waals surface area contributed by atoms with E-state index in [1.807, 2.05) is 0 Å². The van der Waals surface area contributed by atoms with Crippen LogP contribution in [0.15, 0.2) is 58.7 Å². The number of nitrogens with zero attached hydrogens (tertiary/aromatic N) is 2. The molecule has 0 saturated carbocycles. The quantitative estimate of drug-likeness (QED) is 0.262. The Bertz CT molecular complexity index is 1680. The van der Waals surface area contributed by atoms with Gasteiger partial charge in [-0.15, -0.1) is 11.3 Å². The third-order valence-corrected chi connectivity index (χ3v) is 6.52. The molecule has 13 heteroatoms. The molecule has 9 nitrogen and oxygen atoms in total. The summed E-state index contributed by atoms with van der Waals surface area (Å²) in [7, 11) is 0. The Morgan fingerprint density at radius 2 is 1.90 bits per heavy atom. The second kappa shape index (κ2) is 10.3. The van der Waals surface area contributed by atoms with Gasteiger partial charge < -0.3 is 19.5 Å². The molecule has 1 aliphatic rings. The largest absolute Gasteiger partial charge is 0.461 e. The molecule has 0 atom stereocenters. The summed E-state index contributed by atoms with van der Waals surface area (Å²) in [6, 6.07) is 8.88. The molecule has 4 aromatic rings. The Morgan fingerprint density at radius 1 is 1.15 bits per heavy atom. The molecule has 3 heterocycles. The monoisotopic (exact) mass is 557 g/mol. The molecule has 0 radical (unpaired) electrons. The van der Waals surface area contributed by atoms with Crippen LogP contribution in [-0.4, -0.2) is 35.1 Å². The molecule has 1 amide bonds. The third kappa shape index (κ3) is 5.21. The average Bonchev–Trinajstić information content (AvgIpc) is 3.55. The highest BCUT2D eigenvalue weighted by Gasteiger charge is 2.30. The Kier molecular flexibility index (Phi) is 6.83. The number of aromatic nitrogens is 2. The van der Waals surface area contributed by atoms with Crippen molar-refractivity contribution in [3.05, 3.63) is 81.1 Å². The topological polar surface area (TPSA) is 109 Å². The number of alkyl halides is 3. The van der Waals surface area contributed by atoms with Crippen LogP contribution in [0.4, 0.5) is 18.2 Å². The molecular formula is C26H18F3N3O6S. The number of halogens is 3. The molecule has 0 aliphatic carbocycles. The van der Waals surface area contributed by atoms with E-state index in [9.17, 15) is 27.6 Å². The molecule has 1 N–H and O–H groups in total. The van der Waals surface area contributed by atoms with Gasteiger partial charge in [-0.2, -0.15) is 23.0 Å². The molecule has 5 rings (SSSR count). The molecule has 0 fully saturated rings. The molecule has 2 aromatic carbocycles. The lowest BCUT2D eigenvalue weighted by Gasteiger charge is -2.11. The second-order valence-electron chi connectivity index (χ2n) is 8.12. The van der Waals surface area contributed by atoms with Gasteiger partial charge in [0.2, 0.25) is 12.7 Å². The number of thiophene rings is 1. The number of fused-ring (bicyclic) bond motifs is 2. The molecule has 0 spiro atoms. The fourth-order valence-electron chi connectivity index (χ4n) is 3.80. The number of benzene rings is 2. The Labute approximate surface area is 222 Å². The maximum Gasteiger partial charge on any atom is 0.416 e. The number of hydrogen-bond donors (Lipinski definition) is 1. The van der Waals surface area contributed by atoms with Gasteiger partial charge in [0.1, 0.15) is 5.00 Å². The number of carbonyl (C=O) groups excluding carboxylic acids is 2. The van der Waals surface area contributed by atoms with Gasteiger partial charge in [-0.05, 0) is 55.0 Å². The van der Waals surface area contributed by atoms with Gasteiger partial charge in [0.25, 0.3) is 5.56 Å². The minimum atomic E-state index is -4.57. The SMILES string of the molecule is CCOC(=O)c1nn(-c2ccc(C(F)(F)F)cc2)c(=O)c2c(NC(=O)/C=C/c3ccc4c(c3)OCO4)scc12. The Hall–Kier alpha value is -4.65. The summed E-state index contributed by atoms with van der Waals surface area (Å²) in [6.45, 7) is 1.73. The lowest BCUT2D eigenvalue weighted by molar-refractivity contribution is -0.137. The fourth-order valence-corrected chi connectivity index (χ4v) is 4.74. The maximum absolute atomic E-state index is 13.4. The van der Waals surface area contributed by atoms with Crippen molar-refractivity contribution >= 4 is 45.1 Å². The second-order valence-corrected chi connectivity index (χ2v) is 9.00. The minimum absolute atomic E-state index is 0.00775. The summed E-state index contributed by atoms with van der Waals surface area (Å²) in [6.07, 6.45) is -1.78. The highest BCUT2D eigenvalue weighted by atomic mass is 32.1. The van der Waals surface area contributed by atoms with Crippen LogP contribution in [0, 0.1) is 0 Å². The summed E-state index contributed by atoms with van der Waals surface area (Å²) in [5.74, 6) is -0.255. The number of esters is 1. The number of nitrogens with one attached hydrogen (secondary N) is 1. The van der Waals surface area contributed by atoms with Crippen molar-refractivity contribution in [1.82, 2.24) is 9.78 Å².